The maximum absolute atomic E-state index is 12.6. The van der Waals surface area contributed by atoms with E-state index in [9.17, 15) is 9.59 Å². The van der Waals surface area contributed by atoms with Gasteiger partial charge in [-0.05, 0) is 106 Å². The Hall–Kier alpha value is -1.16. The van der Waals surface area contributed by atoms with Gasteiger partial charge >= 0.3 is 5.97 Å². The van der Waals surface area contributed by atoms with Gasteiger partial charge in [0.05, 0.1) is 6.42 Å². The van der Waals surface area contributed by atoms with Crippen molar-refractivity contribution < 1.29 is 14.3 Å². The van der Waals surface area contributed by atoms with Crippen molar-refractivity contribution >= 4 is 11.8 Å². The van der Waals surface area contributed by atoms with Gasteiger partial charge in [0.25, 0.3) is 0 Å². The maximum Gasteiger partial charge on any atom is 0.307 e. The number of carbonyl (C=O) groups excluding carboxylic acids is 2. The molecule has 184 valence electrons. The Morgan fingerprint density at radius 1 is 1.03 bits per heavy atom. The Morgan fingerprint density at radius 3 is 2.58 bits per heavy atom. The summed E-state index contributed by atoms with van der Waals surface area (Å²) in [5, 5.41) is 0. The molecular formula is C29H45NO3. The maximum atomic E-state index is 12.6. The monoisotopic (exact) mass is 455 g/mol. The predicted molar refractivity (Wildman–Crippen MR) is 131 cm³/mol. The number of carbonyl (C=O) groups is 2. The van der Waals surface area contributed by atoms with Gasteiger partial charge in [-0.1, -0.05) is 31.9 Å². The summed E-state index contributed by atoms with van der Waals surface area (Å²) >= 11 is 0. The van der Waals surface area contributed by atoms with Crippen LogP contribution >= 0.6 is 0 Å². The van der Waals surface area contributed by atoms with Gasteiger partial charge in [0.1, 0.15) is 11.9 Å². The van der Waals surface area contributed by atoms with Gasteiger partial charge in [-0.25, -0.2) is 0 Å². The SMILES string of the molecule is CC(=O)C1CCC2C3CC=C4CC(OC(=O)CCN5CCCCC5)CC[C@]4(C)C3CC[C@]12C. The number of hydrogen-bond acceptors (Lipinski definition) is 4. The fourth-order valence-corrected chi connectivity index (χ4v) is 9.07. The number of hydrogen-bond donors (Lipinski definition) is 0. The lowest BCUT2D eigenvalue weighted by Gasteiger charge is -2.58. The van der Waals surface area contributed by atoms with Crippen LogP contribution in [-0.4, -0.2) is 42.4 Å². The lowest BCUT2D eigenvalue weighted by Crippen LogP contribution is -2.51. The molecule has 1 aliphatic heterocycles. The number of nitrogens with zero attached hydrogens (tertiary/aromatic N) is 1. The van der Waals surface area contributed by atoms with Crippen molar-refractivity contribution in [1.82, 2.24) is 4.90 Å². The van der Waals surface area contributed by atoms with Crippen LogP contribution in [0.5, 0.6) is 0 Å². The highest BCUT2D eigenvalue weighted by atomic mass is 16.5. The molecule has 0 bridgehead atoms. The Labute approximate surface area is 200 Å². The van der Waals surface area contributed by atoms with Crippen LogP contribution in [0.4, 0.5) is 0 Å². The number of fused-ring (bicyclic) bond motifs is 5. The fourth-order valence-electron chi connectivity index (χ4n) is 9.07. The minimum absolute atomic E-state index is 0.00174. The first kappa shape index (κ1) is 23.6. The minimum atomic E-state index is -0.00174. The molecule has 1 heterocycles. The molecule has 4 heteroatoms. The number of ether oxygens (including phenoxy) is 1. The molecule has 7 atom stereocenters. The Balaban J connectivity index is 1.21. The van der Waals surface area contributed by atoms with Crippen LogP contribution in [0.25, 0.3) is 0 Å². The molecule has 33 heavy (non-hydrogen) atoms. The van der Waals surface area contributed by atoms with Crippen molar-refractivity contribution in [2.75, 3.05) is 19.6 Å². The molecule has 0 aromatic heterocycles. The van der Waals surface area contributed by atoms with Crippen molar-refractivity contribution in [1.29, 1.82) is 0 Å². The molecule has 5 rings (SSSR count). The summed E-state index contributed by atoms with van der Waals surface area (Å²) in [6.07, 6.45) is 16.0. The van der Waals surface area contributed by atoms with E-state index in [4.69, 9.17) is 4.74 Å². The van der Waals surface area contributed by atoms with Gasteiger partial charge < -0.3 is 9.64 Å². The molecule has 4 fully saturated rings. The van der Waals surface area contributed by atoms with Crippen LogP contribution in [0, 0.1) is 34.5 Å². The number of piperidine rings is 1. The first-order valence-corrected chi connectivity index (χ1v) is 13.9. The third-order valence-electron chi connectivity index (χ3n) is 10.9. The molecule has 5 aliphatic rings. The summed E-state index contributed by atoms with van der Waals surface area (Å²) in [5.41, 5.74) is 2.04. The van der Waals surface area contributed by atoms with Crippen molar-refractivity contribution in [3.63, 3.8) is 0 Å². The number of likely N-dealkylation sites (tertiary alicyclic amines) is 1. The van der Waals surface area contributed by atoms with Gasteiger partial charge in [-0.15, -0.1) is 0 Å². The van der Waals surface area contributed by atoms with Gasteiger partial charge in [-0.2, -0.15) is 0 Å². The van der Waals surface area contributed by atoms with E-state index in [2.05, 4.69) is 24.8 Å². The molecule has 0 amide bonds. The number of rotatable bonds is 5. The largest absolute Gasteiger partial charge is 0.462 e. The van der Waals surface area contributed by atoms with E-state index in [-0.39, 0.29) is 28.8 Å². The van der Waals surface area contributed by atoms with Crippen LogP contribution in [0.1, 0.15) is 97.8 Å². The van der Waals surface area contributed by atoms with Gasteiger partial charge in [0, 0.05) is 18.9 Å². The second-order valence-corrected chi connectivity index (χ2v) is 12.6. The summed E-state index contributed by atoms with van der Waals surface area (Å²) in [4.78, 5) is 27.4. The molecule has 0 aromatic rings. The lowest BCUT2D eigenvalue weighted by molar-refractivity contribution is -0.152. The first-order chi connectivity index (χ1) is 15.8. The topological polar surface area (TPSA) is 46.6 Å². The zero-order valence-electron chi connectivity index (χ0n) is 21.2. The molecule has 0 aromatic carbocycles. The molecule has 0 N–H and O–H groups in total. The van der Waals surface area contributed by atoms with E-state index in [1.165, 1.54) is 38.5 Å². The van der Waals surface area contributed by atoms with Gasteiger partial charge in [-0.3, -0.25) is 9.59 Å². The highest BCUT2D eigenvalue weighted by molar-refractivity contribution is 5.79. The number of Topliss-reactive ketones (excluding diaryl/α,β-unsaturated/α-hetero) is 1. The molecule has 3 saturated carbocycles. The van der Waals surface area contributed by atoms with E-state index in [0.717, 1.165) is 63.6 Å². The zero-order valence-corrected chi connectivity index (χ0v) is 21.2. The van der Waals surface area contributed by atoms with Gasteiger partial charge in [0.15, 0.2) is 0 Å². The van der Waals surface area contributed by atoms with Crippen LogP contribution in [-0.2, 0) is 14.3 Å². The molecule has 4 nitrogen and oxygen atoms in total. The van der Waals surface area contributed by atoms with Gasteiger partial charge in [0.2, 0.25) is 0 Å². The Bertz CT molecular complexity index is 799. The average Bonchev–Trinajstić information content (AvgIpc) is 3.16. The molecule has 4 aliphatic carbocycles. The van der Waals surface area contributed by atoms with Crippen molar-refractivity contribution in [3.8, 4) is 0 Å². The molecule has 0 radical (unpaired) electrons. The Morgan fingerprint density at radius 2 is 1.82 bits per heavy atom. The quantitative estimate of drug-likeness (QED) is 0.380. The number of esters is 1. The molecule has 1 saturated heterocycles. The summed E-state index contributed by atoms with van der Waals surface area (Å²) < 4.78 is 5.99. The van der Waals surface area contributed by atoms with Crippen LogP contribution in [0.2, 0.25) is 0 Å². The number of ketones is 1. The first-order valence-electron chi connectivity index (χ1n) is 13.9. The standard InChI is InChI=1S/C29H45NO3/c1-20(31)24-9-10-25-23-8-7-21-19-22(33-27(32)13-18-30-16-5-4-6-17-30)11-14-28(21,2)26(23)12-15-29(24,25)3/h7,22-26H,4-6,8-19H2,1-3H3/t22?,23?,24?,25?,26?,28-,29+/m0/s1. The summed E-state index contributed by atoms with van der Waals surface area (Å²) in [5.74, 6) is 2.85. The normalized spacial score (nSPS) is 43.1. The van der Waals surface area contributed by atoms with Crippen molar-refractivity contribution in [3.05, 3.63) is 11.6 Å². The van der Waals surface area contributed by atoms with E-state index in [1.807, 2.05) is 6.92 Å². The second kappa shape index (κ2) is 9.13. The van der Waals surface area contributed by atoms with Crippen LogP contribution in [0.3, 0.4) is 0 Å². The van der Waals surface area contributed by atoms with E-state index in [0.29, 0.717) is 18.1 Å². The minimum Gasteiger partial charge on any atom is -0.462 e. The molecule has 0 spiro atoms. The van der Waals surface area contributed by atoms with Crippen molar-refractivity contribution in [2.24, 2.45) is 34.5 Å². The fraction of sp³-hybridized carbons (Fsp3) is 0.862. The second-order valence-electron chi connectivity index (χ2n) is 12.6. The number of allylic oxidation sites excluding steroid dienone is 1. The highest BCUT2D eigenvalue weighted by Gasteiger charge is 2.59. The summed E-state index contributed by atoms with van der Waals surface area (Å²) in [6.45, 7) is 9.88. The predicted octanol–water partition coefficient (Wildman–Crippen LogP) is 5.94. The van der Waals surface area contributed by atoms with Crippen LogP contribution < -0.4 is 0 Å². The molecule has 5 unspecified atom stereocenters. The Kier molecular flexibility index (Phi) is 6.52. The third-order valence-corrected chi connectivity index (χ3v) is 10.9. The zero-order chi connectivity index (χ0) is 23.2. The summed E-state index contributed by atoms with van der Waals surface area (Å²) in [7, 11) is 0. The van der Waals surface area contributed by atoms with E-state index in [1.54, 1.807) is 5.57 Å². The third kappa shape index (κ3) is 4.23. The lowest BCUT2D eigenvalue weighted by atomic mass is 9.47. The van der Waals surface area contributed by atoms with E-state index < -0.39 is 0 Å². The van der Waals surface area contributed by atoms with Crippen molar-refractivity contribution in [2.45, 2.75) is 104 Å². The average molecular weight is 456 g/mol. The van der Waals surface area contributed by atoms with Crippen LogP contribution in [0.15, 0.2) is 11.6 Å². The van der Waals surface area contributed by atoms with E-state index >= 15 is 0 Å². The smallest absolute Gasteiger partial charge is 0.307 e. The summed E-state index contributed by atoms with van der Waals surface area (Å²) in [6, 6.07) is 0. The molecular weight excluding hydrogens is 410 g/mol. The highest BCUT2D eigenvalue weighted by Crippen LogP contribution is 2.66.